The highest BCUT2D eigenvalue weighted by Gasteiger charge is 2.07. The zero-order chi connectivity index (χ0) is 15.5. The maximum atomic E-state index is 5.85. The molecule has 0 radical (unpaired) electrons. The van der Waals surface area contributed by atoms with Crippen molar-refractivity contribution < 1.29 is 0 Å². The van der Waals surface area contributed by atoms with E-state index in [2.05, 4.69) is 34.1 Å². The van der Waals surface area contributed by atoms with Crippen LogP contribution in [0.4, 0.5) is 11.5 Å². The van der Waals surface area contributed by atoms with E-state index in [1.807, 2.05) is 35.7 Å². The van der Waals surface area contributed by atoms with Crippen LogP contribution in [0.15, 0.2) is 41.9 Å². The largest absolute Gasteiger partial charge is 0.340 e. The van der Waals surface area contributed by atoms with Crippen molar-refractivity contribution in [3.63, 3.8) is 0 Å². The normalized spacial score (nSPS) is 10.9. The molecule has 0 fully saturated rings. The molecule has 2 aromatic heterocycles. The third-order valence-electron chi connectivity index (χ3n) is 3.07. The summed E-state index contributed by atoms with van der Waals surface area (Å²) in [5.74, 6) is 1.31. The Hall–Kier alpha value is -1.98. The molecule has 2 heterocycles. The number of nitrogens with one attached hydrogen (secondary N) is 1. The molecule has 0 amide bonds. The number of hydrogen-bond acceptors (Lipinski definition) is 5. The van der Waals surface area contributed by atoms with Crippen molar-refractivity contribution >= 4 is 34.4 Å². The zero-order valence-electron chi connectivity index (χ0n) is 12.2. The quantitative estimate of drug-likeness (QED) is 0.674. The van der Waals surface area contributed by atoms with E-state index in [0.717, 1.165) is 27.8 Å². The van der Waals surface area contributed by atoms with E-state index in [0.29, 0.717) is 5.92 Å². The van der Waals surface area contributed by atoms with E-state index in [-0.39, 0.29) is 5.28 Å². The highest BCUT2D eigenvalue weighted by atomic mass is 35.5. The molecular formula is C16H15ClN4S. The van der Waals surface area contributed by atoms with Crippen molar-refractivity contribution in [1.82, 2.24) is 15.0 Å². The molecule has 0 saturated heterocycles. The Bertz CT molecular complexity index is 785. The first-order chi connectivity index (χ1) is 10.6. The maximum Gasteiger partial charge on any atom is 0.222 e. The van der Waals surface area contributed by atoms with Gasteiger partial charge in [-0.15, -0.1) is 11.3 Å². The molecule has 112 valence electrons. The number of halogens is 1. The van der Waals surface area contributed by atoms with Crippen LogP contribution >= 0.6 is 22.9 Å². The summed E-state index contributed by atoms with van der Waals surface area (Å²) in [4.78, 5) is 12.7. The molecule has 0 aliphatic heterocycles. The number of aromatic nitrogens is 3. The lowest BCUT2D eigenvalue weighted by atomic mass is 10.1. The van der Waals surface area contributed by atoms with Crippen molar-refractivity contribution in [2.75, 3.05) is 5.32 Å². The Morgan fingerprint density at radius 2 is 2.05 bits per heavy atom. The molecule has 0 unspecified atom stereocenters. The first kappa shape index (κ1) is 14.9. The Kier molecular flexibility index (Phi) is 4.36. The van der Waals surface area contributed by atoms with Crippen LogP contribution < -0.4 is 5.32 Å². The van der Waals surface area contributed by atoms with E-state index in [1.165, 1.54) is 0 Å². The zero-order valence-corrected chi connectivity index (χ0v) is 13.8. The lowest BCUT2D eigenvalue weighted by Crippen LogP contribution is -1.93. The number of hydrogen-bond donors (Lipinski definition) is 1. The molecule has 0 bridgehead atoms. The highest BCUT2D eigenvalue weighted by molar-refractivity contribution is 7.10. The van der Waals surface area contributed by atoms with E-state index < -0.39 is 0 Å². The van der Waals surface area contributed by atoms with Crippen LogP contribution in [-0.4, -0.2) is 15.0 Å². The van der Waals surface area contributed by atoms with Crippen molar-refractivity contribution in [3.05, 3.63) is 52.2 Å². The van der Waals surface area contributed by atoms with Gasteiger partial charge in [-0.25, -0.2) is 15.0 Å². The summed E-state index contributed by atoms with van der Waals surface area (Å²) in [6, 6.07) is 9.83. The third-order valence-corrected chi connectivity index (χ3v) is 4.40. The molecule has 0 atom stereocenters. The molecule has 0 saturated carbocycles. The minimum atomic E-state index is 0.247. The Labute approximate surface area is 138 Å². The SMILES string of the molecule is CC(C)c1nc(Nc2cccc(-c3ccnc(Cl)n3)c2)cs1. The molecule has 0 spiro atoms. The molecule has 0 aliphatic carbocycles. The number of anilines is 2. The van der Waals surface area contributed by atoms with Gasteiger partial charge in [0.15, 0.2) is 0 Å². The fraction of sp³-hybridized carbons (Fsp3) is 0.188. The van der Waals surface area contributed by atoms with E-state index in [1.54, 1.807) is 17.5 Å². The van der Waals surface area contributed by atoms with Gasteiger partial charge in [0.05, 0.1) is 10.7 Å². The van der Waals surface area contributed by atoms with Crippen LogP contribution in [0.2, 0.25) is 5.28 Å². The Morgan fingerprint density at radius 1 is 1.18 bits per heavy atom. The number of thiazole rings is 1. The first-order valence-electron chi connectivity index (χ1n) is 6.93. The summed E-state index contributed by atoms with van der Waals surface area (Å²) in [6.45, 7) is 4.28. The standard InChI is InChI=1S/C16H15ClN4S/c1-10(2)15-21-14(9-22-15)19-12-5-3-4-11(8-12)13-6-7-18-16(17)20-13/h3-10,19H,1-2H3. The van der Waals surface area contributed by atoms with Crippen LogP contribution in [-0.2, 0) is 0 Å². The van der Waals surface area contributed by atoms with Gasteiger partial charge in [-0.1, -0.05) is 26.0 Å². The van der Waals surface area contributed by atoms with Crippen LogP contribution in [0.25, 0.3) is 11.3 Å². The van der Waals surface area contributed by atoms with Gasteiger partial charge in [0.2, 0.25) is 5.28 Å². The van der Waals surface area contributed by atoms with Gasteiger partial charge in [-0.3, -0.25) is 0 Å². The second kappa shape index (κ2) is 6.42. The van der Waals surface area contributed by atoms with Crippen molar-refractivity contribution in [2.45, 2.75) is 19.8 Å². The first-order valence-corrected chi connectivity index (χ1v) is 8.19. The van der Waals surface area contributed by atoms with E-state index in [9.17, 15) is 0 Å². The summed E-state index contributed by atoms with van der Waals surface area (Å²) in [5.41, 5.74) is 2.74. The predicted molar refractivity (Wildman–Crippen MR) is 92.0 cm³/mol. The van der Waals surface area contributed by atoms with Crippen LogP contribution in [0.3, 0.4) is 0 Å². The van der Waals surface area contributed by atoms with Crippen molar-refractivity contribution in [3.8, 4) is 11.3 Å². The molecule has 3 rings (SSSR count). The smallest absolute Gasteiger partial charge is 0.222 e. The van der Waals surface area contributed by atoms with Crippen LogP contribution in [0.5, 0.6) is 0 Å². The van der Waals surface area contributed by atoms with Crippen LogP contribution in [0.1, 0.15) is 24.8 Å². The topological polar surface area (TPSA) is 50.7 Å². The highest BCUT2D eigenvalue weighted by Crippen LogP contribution is 2.26. The second-order valence-corrected chi connectivity index (χ2v) is 6.37. The molecule has 3 aromatic rings. The van der Waals surface area contributed by atoms with E-state index >= 15 is 0 Å². The van der Waals surface area contributed by atoms with Crippen molar-refractivity contribution in [1.29, 1.82) is 0 Å². The van der Waals surface area contributed by atoms with Gasteiger partial charge >= 0.3 is 0 Å². The minimum absolute atomic E-state index is 0.247. The number of benzene rings is 1. The van der Waals surface area contributed by atoms with Crippen molar-refractivity contribution in [2.24, 2.45) is 0 Å². The Balaban J connectivity index is 1.84. The summed E-state index contributed by atoms with van der Waals surface area (Å²) >= 11 is 7.52. The van der Waals surface area contributed by atoms with Gasteiger partial charge in [0.1, 0.15) is 5.82 Å². The fourth-order valence-electron chi connectivity index (χ4n) is 2.01. The Morgan fingerprint density at radius 3 is 2.77 bits per heavy atom. The molecule has 4 nitrogen and oxygen atoms in total. The number of nitrogens with zero attached hydrogens (tertiary/aromatic N) is 3. The van der Waals surface area contributed by atoms with Gasteiger partial charge in [-0.2, -0.15) is 0 Å². The summed E-state index contributed by atoms with van der Waals surface area (Å²) < 4.78 is 0. The third kappa shape index (κ3) is 3.43. The fourth-order valence-corrected chi connectivity index (χ4v) is 2.92. The summed E-state index contributed by atoms with van der Waals surface area (Å²) in [6.07, 6.45) is 1.65. The summed E-state index contributed by atoms with van der Waals surface area (Å²) in [5, 5.41) is 6.73. The average Bonchev–Trinajstić information content (AvgIpc) is 2.96. The predicted octanol–water partition coefficient (Wildman–Crippen LogP) is 5.12. The van der Waals surface area contributed by atoms with Gasteiger partial charge < -0.3 is 5.32 Å². The molecule has 6 heteroatoms. The van der Waals surface area contributed by atoms with Gasteiger partial charge in [0, 0.05) is 28.7 Å². The molecular weight excluding hydrogens is 316 g/mol. The van der Waals surface area contributed by atoms with Crippen LogP contribution in [0, 0.1) is 0 Å². The molecule has 1 N–H and O–H groups in total. The van der Waals surface area contributed by atoms with Gasteiger partial charge in [-0.05, 0) is 29.8 Å². The lowest BCUT2D eigenvalue weighted by molar-refractivity contribution is 0.854. The second-order valence-electron chi connectivity index (χ2n) is 5.14. The van der Waals surface area contributed by atoms with E-state index in [4.69, 9.17) is 11.6 Å². The minimum Gasteiger partial charge on any atom is -0.340 e. The number of rotatable bonds is 4. The summed E-state index contributed by atoms with van der Waals surface area (Å²) in [7, 11) is 0. The molecule has 1 aromatic carbocycles. The monoisotopic (exact) mass is 330 g/mol. The average molecular weight is 331 g/mol. The molecule has 22 heavy (non-hydrogen) atoms. The maximum absolute atomic E-state index is 5.85. The van der Waals surface area contributed by atoms with Gasteiger partial charge in [0.25, 0.3) is 0 Å². The lowest BCUT2D eigenvalue weighted by Gasteiger charge is -2.06. The molecule has 0 aliphatic rings.